The largest absolute Gasteiger partial charge is 0.322 e. The van der Waals surface area contributed by atoms with Crippen molar-refractivity contribution in [2.75, 3.05) is 5.88 Å². The number of rotatable bonds is 1. The molecule has 3 N–H and O–H groups in total. The summed E-state index contributed by atoms with van der Waals surface area (Å²) in [7, 11) is 0. The van der Waals surface area contributed by atoms with Gasteiger partial charge in [0, 0.05) is 23.7 Å². The fourth-order valence-corrected chi connectivity index (χ4v) is 1.63. The van der Waals surface area contributed by atoms with Crippen LogP contribution in [0.1, 0.15) is 13.8 Å². The van der Waals surface area contributed by atoms with Gasteiger partial charge in [-0.05, 0) is 18.2 Å². The summed E-state index contributed by atoms with van der Waals surface area (Å²) in [5.41, 5.74) is 7.07. The zero-order valence-corrected chi connectivity index (χ0v) is 12.9. The van der Waals surface area contributed by atoms with Crippen molar-refractivity contribution in [3.8, 4) is 11.3 Å². The summed E-state index contributed by atoms with van der Waals surface area (Å²) in [6, 6.07) is 8.93. The highest BCUT2D eigenvalue weighted by Gasteiger charge is 2.06. The van der Waals surface area contributed by atoms with Crippen LogP contribution in [0.3, 0.4) is 0 Å². The Labute approximate surface area is 128 Å². The number of H-pyrrole nitrogens is 1. The molecular formula is C14H19N5OS. The van der Waals surface area contributed by atoms with E-state index >= 15 is 0 Å². The van der Waals surface area contributed by atoms with Gasteiger partial charge in [0.25, 0.3) is 5.56 Å². The van der Waals surface area contributed by atoms with E-state index in [0.717, 1.165) is 11.1 Å². The summed E-state index contributed by atoms with van der Waals surface area (Å²) < 4.78 is 1.77. The van der Waals surface area contributed by atoms with Crippen molar-refractivity contribution < 1.29 is 0 Å². The van der Waals surface area contributed by atoms with Gasteiger partial charge in [-0.15, -0.1) is 0 Å². The van der Waals surface area contributed by atoms with Crippen LogP contribution in [0.25, 0.3) is 16.8 Å². The highest BCUT2D eigenvalue weighted by molar-refractivity contribution is 7.80. The maximum Gasteiger partial charge on any atom is 0.264 e. The number of nitrogens with zero attached hydrogens (tertiary/aromatic N) is 3. The Kier molecular flexibility index (Phi) is 7.20. The van der Waals surface area contributed by atoms with Gasteiger partial charge < -0.3 is 5.73 Å². The number of aromatic amines is 1. The maximum atomic E-state index is 10.9. The van der Waals surface area contributed by atoms with Crippen molar-refractivity contribution in [1.29, 1.82) is 0 Å². The molecular weight excluding hydrogens is 286 g/mol. The highest BCUT2D eigenvalue weighted by Crippen LogP contribution is 2.20. The molecule has 0 spiro atoms. The van der Waals surface area contributed by atoms with Gasteiger partial charge in [-0.25, -0.2) is 9.61 Å². The van der Waals surface area contributed by atoms with E-state index < -0.39 is 0 Å². The molecule has 0 atom stereocenters. The highest BCUT2D eigenvalue weighted by atomic mass is 32.1. The summed E-state index contributed by atoms with van der Waals surface area (Å²) in [6.45, 7) is 4.00. The summed E-state index contributed by atoms with van der Waals surface area (Å²) in [5, 5.41) is 10.6. The average Bonchev–Trinajstić information content (AvgIpc) is 2.95. The van der Waals surface area contributed by atoms with E-state index in [9.17, 15) is 4.79 Å². The van der Waals surface area contributed by atoms with Crippen LogP contribution in [-0.4, -0.2) is 25.7 Å². The average molecular weight is 305 g/mol. The van der Waals surface area contributed by atoms with E-state index in [2.05, 4.69) is 27.9 Å². The monoisotopic (exact) mass is 305 g/mol. The van der Waals surface area contributed by atoms with Crippen LogP contribution >= 0.6 is 12.6 Å². The molecule has 0 unspecified atom stereocenters. The smallest absolute Gasteiger partial charge is 0.264 e. The molecule has 0 radical (unpaired) electrons. The van der Waals surface area contributed by atoms with Crippen LogP contribution in [0, 0.1) is 0 Å². The van der Waals surface area contributed by atoms with Gasteiger partial charge in [0.1, 0.15) is 0 Å². The Morgan fingerprint density at radius 3 is 2.62 bits per heavy atom. The molecule has 112 valence electrons. The van der Waals surface area contributed by atoms with E-state index in [1.165, 1.54) is 6.07 Å². The molecule has 7 heteroatoms. The number of nitrogens with two attached hydrogens (primary N) is 1. The molecule has 0 saturated heterocycles. The number of hydrogen-bond donors (Lipinski definition) is 3. The molecule has 0 bridgehead atoms. The molecule has 21 heavy (non-hydrogen) atoms. The molecule has 0 aliphatic rings. The van der Waals surface area contributed by atoms with Gasteiger partial charge in [-0.3, -0.25) is 4.79 Å². The predicted molar refractivity (Wildman–Crippen MR) is 88.4 cm³/mol. The summed E-state index contributed by atoms with van der Waals surface area (Å²) in [5.74, 6) is 0.444. The van der Waals surface area contributed by atoms with Gasteiger partial charge in [-0.1, -0.05) is 19.9 Å². The number of pyridine rings is 1. The third kappa shape index (κ3) is 4.44. The normalized spacial score (nSPS) is 9.33. The van der Waals surface area contributed by atoms with Crippen LogP contribution in [0.2, 0.25) is 0 Å². The standard InChI is InChI=1S/C11H8N4O.C2H6.CH5NS/c16-11-5-4-9(13-14-11)8-7-12-15-6-2-1-3-10(8)15;1-2;2-1-3/h1-7H,(H,14,16);1-2H3;3H,1-2H2. The first-order chi connectivity index (χ1) is 10.3. The van der Waals surface area contributed by atoms with Crippen LogP contribution in [0.5, 0.6) is 0 Å². The van der Waals surface area contributed by atoms with Crippen molar-refractivity contribution in [2.45, 2.75) is 13.8 Å². The van der Waals surface area contributed by atoms with E-state index in [-0.39, 0.29) is 5.56 Å². The van der Waals surface area contributed by atoms with E-state index in [4.69, 9.17) is 5.73 Å². The Morgan fingerprint density at radius 1 is 1.29 bits per heavy atom. The van der Waals surface area contributed by atoms with Crippen molar-refractivity contribution in [3.05, 3.63) is 53.1 Å². The molecule has 6 nitrogen and oxygen atoms in total. The molecule has 0 fully saturated rings. The second-order valence-electron chi connectivity index (χ2n) is 3.58. The molecule has 0 aliphatic heterocycles. The van der Waals surface area contributed by atoms with Crippen LogP contribution in [0.15, 0.2) is 47.5 Å². The first kappa shape index (κ1) is 16.9. The van der Waals surface area contributed by atoms with Gasteiger partial charge in [0.05, 0.1) is 17.4 Å². The van der Waals surface area contributed by atoms with Gasteiger partial charge in [0.15, 0.2) is 0 Å². The second kappa shape index (κ2) is 8.93. The first-order valence-electron chi connectivity index (χ1n) is 6.55. The summed E-state index contributed by atoms with van der Waals surface area (Å²) in [4.78, 5) is 10.9. The third-order valence-electron chi connectivity index (χ3n) is 2.38. The third-order valence-corrected chi connectivity index (χ3v) is 2.38. The van der Waals surface area contributed by atoms with Crippen molar-refractivity contribution >= 4 is 18.1 Å². The Morgan fingerprint density at radius 2 is 2.00 bits per heavy atom. The second-order valence-corrected chi connectivity index (χ2v) is 3.94. The fourth-order valence-electron chi connectivity index (χ4n) is 1.63. The van der Waals surface area contributed by atoms with E-state index in [0.29, 0.717) is 11.6 Å². The summed E-state index contributed by atoms with van der Waals surface area (Å²) >= 11 is 3.57. The number of aromatic nitrogens is 4. The lowest BCUT2D eigenvalue weighted by molar-refractivity contribution is 0.961. The zero-order chi connectivity index (χ0) is 15.7. The molecule has 3 heterocycles. The Hall–Kier alpha value is -2.12. The minimum atomic E-state index is -0.208. The molecule has 3 aromatic rings. The molecule has 0 amide bonds. The zero-order valence-electron chi connectivity index (χ0n) is 12.0. The predicted octanol–water partition coefficient (Wildman–Crippen LogP) is 1.94. The fraction of sp³-hybridized carbons (Fsp3) is 0.214. The van der Waals surface area contributed by atoms with Crippen LogP contribution in [-0.2, 0) is 0 Å². The molecule has 3 aromatic heterocycles. The molecule has 0 aromatic carbocycles. The van der Waals surface area contributed by atoms with E-state index in [1.54, 1.807) is 16.8 Å². The number of thiol groups is 1. The molecule has 0 saturated carbocycles. The van der Waals surface area contributed by atoms with Crippen molar-refractivity contribution in [1.82, 2.24) is 19.8 Å². The van der Waals surface area contributed by atoms with Crippen molar-refractivity contribution in [3.63, 3.8) is 0 Å². The number of fused-ring (bicyclic) bond motifs is 1. The quantitative estimate of drug-likeness (QED) is 0.473. The topological polar surface area (TPSA) is 89.1 Å². The molecule has 3 rings (SSSR count). The number of hydrogen-bond acceptors (Lipinski definition) is 5. The van der Waals surface area contributed by atoms with Gasteiger partial charge >= 0.3 is 0 Å². The maximum absolute atomic E-state index is 10.9. The van der Waals surface area contributed by atoms with Crippen LogP contribution in [0.4, 0.5) is 0 Å². The van der Waals surface area contributed by atoms with Gasteiger partial charge in [-0.2, -0.15) is 22.8 Å². The minimum absolute atomic E-state index is 0.208. The number of nitrogens with one attached hydrogen (secondary N) is 1. The lowest BCUT2D eigenvalue weighted by atomic mass is 10.2. The Bertz CT molecular complexity index is 702. The van der Waals surface area contributed by atoms with Gasteiger partial charge in [0.2, 0.25) is 0 Å². The lowest BCUT2D eigenvalue weighted by Gasteiger charge is -1.96. The van der Waals surface area contributed by atoms with Crippen LogP contribution < -0.4 is 11.3 Å². The summed E-state index contributed by atoms with van der Waals surface area (Å²) in [6.07, 6.45) is 3.60. The first-order valence-corrected chi connectivity index (χ1v) is 7.19. The Balaban J connectivity index is 0.000000395. The van der Waals surface area contributed by atoms with Crippen molar-refractivity contribution in [2.24, 2.45) is 5.73 Å². The molecule has 0 aliphatic carbocycles. The SMILES string of the molecule is CC.NCS.O=c1ccc(-c2cnn3ccccc23)n[nH]1. The van der Waals surface area contributed by atoms with E-state index in [1.807, 2.05) is 38.2 Å². The lowest BCUT2D eigenvalue weighted by Crippen LogP contribution is -2.05. The minimum Gasteiger partial charge on any atom is -0.322 e.